The molecular weight excluding hydrogens is 345 g/mol. The van der Waals surface area contributed by atoms with Crippen molar-refractivity contribution in [1.29, 1.82) is 5.26 Å². The summed E-state index contributed by atoms with van der Waals surface area (Å²) in [6.07, 6.45) is 0. The van der Waals surface area contributed by atoms with Gasteiger partial charge in [-0.1, -0.05) is 29.8 Å². The van der Waals surface area contributed by atoms with Crippen LogP contribution in [0.1, 0.15) is 22.8 Å². The lowest BCUT2D eigenvalue weighted by atomic mass is 10.1. The molecule has 5 nitrogen and oxygen atoms in total. The summed E-state index contributed by atoms with van der Waals surface area (Å²) in [6.45, 7) is 1.57. The van der Waals surface area contributed by atoms with E-state index in [1.807, 2.05) is 6.07 Å². The molecule has 0 fully saturated rings. The normalized spacial score (nSPS) is 10.0. The van der Waals surface area contributed by atoms with Crippen molar-refractivity contribution in [2.24, 2.45) is 0 Å². The van der Waals surface area contributed by atoms with Crippen molar-refractivity contribution in [3.05, 3.63) is 64.4 Å². The van der Waals surface area contributed by atoms with Gasteiger partial charge in [0.1, 0.15) is 11.9 Å². The molecule has 2 aromatic rings. The third kappa shape index (κ3) is 4.34. The maximum Gasteiger partial charge on any atom is 0.255 e. The monoisotopic (exact) mass is 359 g/mol. The maximum absolute atomic E-state index is 13.7. The van der Waals surface area contributed by atoms with Crippen LogP contribution in [0, 0.1) is 17.1 Å². The van der Waals surface area contributed by atoms with E-state index in [0.717, 1.165) is 6.07 Å². The van der Waals surface area contributed by atoms with Gasteiger partial charge in [-0.3, -0.25) is 9.59 Å². The van der Waals surface area contributed by atoms with E-state index in [1.165, 1.54) is 24.0 Å². The van der Waals surface area contributed by atoms with Gasteiger partial charge in [-0.15, -0.1) is 0 Å². The number of rotatable bonds is 5. The van der Waals surface area contributed by atoms with Gasteiger partial charge >= 0.3 is 0 Å². The summed E-state index contributed by atoms with van der Waals surface area (Å²) in [5, 5.41) is 11.7. The zero-order valence-corrected chi connectivity index (χ0v) is 14.2. The number of carbonyl (C=O) groups is 2. The van der Waals surface area contributed by atoms with Crippen LogP contribution in [-0.2, 0) is 4.79 Å². The number of anilines is 1. The van der Waals surface area contributed by atoms with Crippen LogP contribution >= 0.6 is 11.6 Å². The summed E-state index contributed by atoms with van der Waals surface area (Å²) >= 11 is 5.85. The van der Waals surface area contributed by atoms with E-state index in [9.17, 15) is 14.0 Å². The number of nitrogens with zero attached hydrogens (tertiary/aromatic N) is 2. The molecule has 0 radical (unpaired) electrons. The van der Waals surface area contributed by atoms with Crippen molar-refractivity contribution in [2.45, 2.75) is 6.92 Å². The predicted octanol–water partition coefficient (Wildman–Crippen LogP) is 3.13. The van der Waals surface area contributed by atoms with Gasteiger partial charge in [0.25, 0.3) is 5.91 Å². The third-order valence-corrected chi connectivity index (χ3v) is 3.82. The van der Waals surface area contributed by atoms with Crippen LogP contribution in [-0.4, -0.2) is 24.9 Å². The number of hydrogen-bond donors (Lipinski definition) is 1. The molecule has 1 N–H and O–H groups in total. The van der Waals surface area contributed by atoms with Crippen LogP contribution in [0.15, 0.2) is 42.5 Å². The molecule has 0 saturated heterocycles. The largest absolute Gasteiger partial charge is 0.350 e. The maximum atomic E-state index is 13.7. The first kappa shape index (κ1) is 18.4. The lowest BCUT2D eigenvalue weighted by Gasteiger charge is -2.22. The van der Waals surface area contributed by atoms with Gasteiger partial charge in [0.2, 0.25) is 5.91 Å². The fraction of sp³-hybridized carbons (Fsp3) is 0.167. The zero-order valence-electron chi connectivity index (χ0n) is 13.4. The Balaban J connectivity index is 2.09. The SMILES string of the molecule is CC(=O)N(CCNC(=O)c1c(F)cccc1Cl)c1ccccc1C#N. The molecule has 2 amide bonds. The average molecular weight is 360 g/mol. The standard InChI is InChI=1S/C18H15ClFN3O2/c1-12(24)23(16-8-3-2-5-13(16)11-21)10-9-22-18(25)17-14(19)6-4-7-15(17)20/h2-8H,9-10H2,1H3,(H,22,25). The molecule has 0 unspecified atom stereocenters. The Hall–Kier alpha value is -2.91. The second-order valence-corrected chi connectivity index (χ2v) is 5.56. The summed E-state index contributed by atoms with van der Waals surface area (Å²) in [6, 6.07) is 12.7. The van der Waals surface area contributed by atoms with E-state index in [1.54, 1.807) is 24.3 Å². The van der Waals surface area contributed by atoms with Crippen molar-refractivity contribution in [2.75, 3.05) is 18.0 Å². The van der Waals surface area contributed by atoms with Crippen molar-refractivity contribution >= 4 is 29.1 Å². The highest BCUT2D eigenvalue weighted by molar-refractivity contribution is 6.33. The van der Waals surface area contributed by atoms with Crippen LogP contribution in [0.2, 0.25) is 5.02 Å². The topological polar surface area (TPSA) is 73.2 Å². The fourth-order valence-electron chi connectivity index (χ4n) is 2.34. The van der Waals surface area contributed by atoms with Gasteiger partial charge in [-0.25, -0.2) is 4.39 Å². The Bertz CT molecular complexity index is 828. The molecule has 0 heterocycles. The molecule has 0 saturated carbocycles. The van der Waals surface area contributed by atoms with Crippen molar-refractivity contribution in [3.8, 4) is 6.07 Å². The van der Waals surface area contributed by atoms with Gasteiger partial charge in [0.05, 0.1) is 21.8 Å². The number of benzene rings is 2. The molecule has 0 aliphatic rings. The Kier molecular flexibility index (Phi) is 6.09. The molecular formula is C18H15ClFN3O2. The van der Waals surface area contributed by atoms with Crippen LogP contribution in [0.3, 0.4) is 0 Å². The first-order chi connectivity index (χ1) is 12.0. The lowest BCUT2D eigenvalue weighted by Crippen LogP contribution is -2.38. The molecule has 0 atom stereocenters. The molecule has 7 heteroatoms. The molecule has 128 valence electrons. The molecule has 2 rings (SSSR count). The highest BCUT2D eigenvalue weighted by Gasteiger charge is 2.18. The number of halogens is 2. The second kappa shape index (κ2) is 8.27. The van der Waals surface area contributed by atoms with E-state index in [4.69, 9.17) is 16.9 Å². The van der Waals surface area contributed by atoms with Crippen LogP contribution in [0.25, 0.3) is 0 Å². The van der Waals surface area contributed by atoms with Crippen LogP contribution in [0.5, 0.6) is 0 Å². The molecule has 0 aliphatic heterocycles. The number of carbonyl (C=O) groups excluding carboxylic acids is 2. The third-order valence-electron chi connectivity index (χ3n) is 3.51. The minimum Gasteiger partial charge on any atom is -0.350 e. The smallest absolute Gasteiger partial charge is 0.255 e. The Morgan fingerprint density at radius 1 is 1.24 bits per heavy atom. The highest BCUT2D eigenvalue weighted by atomic mass is 35.5. The highest BCUT2D eigenvalue weighted by Crippen LogP contribution is 2.20. The number of hydrogen-bond acceptors (Lipinski definition) is 3. The minimum absolute atomic E-state index is 0.00995. The first-order valence-corrected chi connectivity index (χ1v) is 7.83. The van der Waals surface area contributed by atoms with Crippen molar-refractivity contribution in [1.82, 2.24) is 5.32 Å². The lowest BCUT2D eigenvalue weighted by molar-refractivity contribution is -0.116. The quantitative estimate of drug-likeness (QED) is 0.891. The Labute approximate surface area is 149 Å². The predicted molar refractivity (Wildman–Crippen MR) is 92.9 cm³/mol. The molecule has 0 aromatic heterocycles. The van der Waals surface area contributed by atoms with Crippen LogP contribution in [0.4, 0.5) is 10.1 Å². The average Bonchev–Trinajstić information content (AvgIpc) is 2.58. The van der Waals surface area contributed by atoms with Crippen LogP contribution < -0.4 is 10.2 Å². The second-order valence-electron chi connectivity index (χ2n) is 5.15. The summed E-state index contributed by atoms with van der Waals surface area (Å²) in [7, 11) is 0. The molecule has 2 aromatic carbocycles. The number of para-hydroxylation sites is 1. The summed E-state index contributed by atoms with van der Waals surface area (Å²) < 4.78 is 13.7. The Morgan fingerprint density at radius 3 is 2.60 bits per heavy atom. The molecule has 0 spiro atoms. The molecule has 0 bridgehead atoms. The van der Waals surface area contributed by atoms with Gasteiger partial charge < -0.3 is 10.2 Å². The van der Waals surface area contributed by atoms with E-state index >= 15 is 0 Å². The fourth-order valence-corrected chi connectivity index (χ4v) is 2.58. The van der Waals surface area contributed by atoms with Crippen molar-refractivity contribution < 1.29 is 14.0 Å². The Morgan fingerprint density at radius 2 is 1.96 bits per heavy atom. The number of amides is 2. The summed E-state index contributed by atoms with van der Waals surface area (Å²) in [5.41, 5.74) is 0.563. The minimum atomic E-state index is -0.719. The van der Waals surface area contributed by atoms with E-state index in [-0.39, 0.29) is 29.6 Å². The molecule has 25 heavy (non-hydrogen) atoms. The van der Waals surface area contributed by atoms with Gasteiger partial charge in [-0.05, 0) is 24.3 Å². The van der Waals surface area contributed by atoms with E-state index in [2.05, 4.69) is 5.32 Å². The van der Waals surface area contributed by atoms with Crippen molar-refractivity contribution in [3.63, 3.8) is 0 Å². The van der Waals surface area contributed by atoms with E-state index in [0.29, 0.717) is 11.3 Å². The summed E-state index contributed by atoms with van der Waals surface area (Å²) in [5.74, 6) is -1.66. The van der Waals surface area contributed by atoms with Gasteiger partial charge in [0, 0.05) is 20.0 Å². The van der Waals surface area contributed by atoms with Gasteiger partial charge in [0.15, 0.2) is 0 Å². The number of nitrogens with one attached hydrogen (secondary N) is 1. The molecule has 0 aliphatic carbocycles. The van der Waals surface area contributed by atoms with Gasteiger partial charge in [-0.2, -0.15) is 5.26 Å². The zero-order chi connectivity index (χ0) is 18.4. The first-order valence-electron chi connectivity index (χ1n) is 7.45. The summed E-state index contributed by atoms with van der Waals surface area (Å²) in [4.78, 5) is 25.4. The number of nitriles is 1. The van der Waals surface area contributed by atoms with E-state index < -0.39 is 11.7 Å².